The lowest BCUT2D eigenvalue weighted by Crippen LogP contribution is -2.45. The van der Waals surface area contributed by atoms with Crippen molar-refractivity contribution in [2.75, 3.05) is 26.7 Å². The average molecular weight is 225 g/mol. The van der Waals surface area contributed by atoms with Crippen LogP contribution < -0.4 is 5.32 Å². The van der Waals surface area contributed by atoms with E-state index < -0.39 is 5.60 Å². The highest BCUT2D eigenvalue weighted by atomic mass is 16.3. The van der Waals surface area contributed by atoms with Gasteiger partial charge < -0.3 is 15.3 Å². The van der Waals surface area contributed by atoms with Crippen LogP contribution in [0.25, 0.3) is 0 Å². The summed E-state index contributed by atoms with van der Waals surface area (Å²) in [5.74, 6) is -0.242. The second-order valence-corrected chi connectivity index (χ2v) is 4.17. The molecule has 0 aliphatic carbocycles. The molecule has 2 heterocycles. The van der Waals surface area contributed by atoms with Crippen LogP contribution in [0.2, 0.25) is 0 Å². The Labute approximate surface area is 92.8 Å². The summed E-state index contributed by atoms with van der Waals surface area (Å²) in [5.41, 5.74) is -0.564. The number of carbonyl (C=O) groups excluding carboxylic acids is 1. The largest absolute Gasteiger partial charge is 0.387 e. The van der Waals surface area contributed by atoms with Gasteiger partial charge in [-0.25, -0.2) is 0 Å². The Morgan fingerprint density at radius 2 is 2.56 bits per heavy atom. The van der Waals surface area contributed by atoms with Gasteiger partial charge in [-0.3, -0.25) is 4.79 Å². The summed E-state index contributed by atoms with van der Waals surface area (Å²) in [6.07, 6.45) is 2.03. The maximum atomic E-state index is 11.8. The van der Waals surface area contributed by atoms with Crippen molar-refractivity contribution in [3.05, 3.63) is 11.9 Å². The predicted octanol–water partition coefficient (Wildman–Crippen LogP) is -1.40. The van der Waals surface area contributed by atoms with Crippen LogP contribution in [-0.4, -0.2) is 63.6 Å². The van der Waals surface area contributed by atoms with Crippen molar-refractivity contribution in [1.82, 2.24) is 25.6 Å². The first-order valence-corrected chi connectivity index (χ1v) is 5.15. The first-order valence-electron chi connectivity index (χ1n) is 5.15. The summed E-state index contributed by atoms with van der Waals surface area (Å²) in [6.45, 7) is 1.59. The summed E-state index contributed by atoms with van der Waals surface area (Å²) in [4.78, 5) is 13.3. The molecule has 7 nitrogen and oxygen atoms in total. The standard InChI is InChI=1S/C9H15N5O2/c1-14(6-9(16)2-3-10-5-9)8(15)7-4-11-13-12-7/h4,10,16H,2-3,5-6H2,1H3,(H,11,12,13). The quantitative estimate of drug-likeness (QED) is 0.588. The lowest BCUT2D eigenvalue weighted by molar-refractivity contribution is 0.0250. The van der Waals surface area contributed by atoms with Gasteiger partial charge in [-0.05, 0) is 13.0 Å². The molecule has 1 aliphatic rings. The molecule has 1 saturated heterocycles. The first kappa shape index (κ1) is 11.0. The number of aromatic nitrogens is 3. The van der Waals surface area contributed by atoms with E-state index in [1.165, 1.54) is 11.1 Å². The van der Waals surface area contributed by atoms with Crippen LogP contribution in [0, 0.1) is 0 Å². The summed E-state index contributed by atoms with van der Waals surface area (Å²) >= 11 is 0. The van der Waals surface area contributed by atoms with Crippen LogP contribution in [0.5, 0.6) is 0 Å². The van der Waals surface area contributed by atoms with E-state index in [-0.39, 0.29) is 11.6 Å². The lowest BCUT2D eigenvalue weighted by Gasteiger charge is -2.27. The number of rotatable bonds is 3. The minimum absolute atomic E-state index is 0.242. The number of β-amino-alcohol motifs (C(OH)–C–C–N with tert-alkyl or cyclic N) is 1. The molecule has 0 saturated carbocycles. The third-order valence-corrected chi connectivity index (χ3v) is 2.73. The fraction of sp³-hybridized carbons (Fsp3) is 0.667. The van der Waals surface area contributed by atoms with Crippen LogP contribution >= 0.6 is 0 Å². The molecule has 1 atom stereocenters. The van der Waals surface area contributed by atoms with Crippen LogP contribution in [0.1, 0.15) is 16.9 Å². The van der Waals surface area contributed by atoms with Crippen LogP contribution in [-0.2, 0) is 0 Å². The number of hydrogen-bond acceptors (Lipinski definition) is 5. The number of aliphatic hydroxyl groups is 1. The Morgan fingerprint density at radius 1 is 1.75 bits per heavy atom. The Bertz CT molecular complexity index is 358. The van der Waals surface area contributed by atoms with Crippen LogP contribution in [0.4, 0.5) is 0 Å². The molecular formula is C9H15N5O2. The number of nitrogens with zero attached hydrogens (tertiary/aromatic N) is 3. The molecule has 0 spiro atoms. The minimum Gasteiger partial charge on any atom is -0.387 e. The summed E-state index contributed by atoms with van der Waals surface area (Å²) in [7, 11) is 1.65. The van der Waals surface area contributed by atoms with Gasteiger partial charge in [-0.15, -0.1) is 0 Å². The van der Waals surface area contributed by atoms with Gasteiger partial charge in [0.25, 0.3) is 5.91 Å². The van der Waals surface area contributed by atoms with E-state index in [0.717, 1.165) is 6.54 Å². The normalized spacial score (nSPS) is 24.6. The number of likely N-dealkylation sites (N-methyl/N-ethyl adjacent to an activating group) is 1. The Morgan fingerprint density at radius 3 is 3.12 bits per heavy atom. The van der Waals surface area contributed by atoms with Crippen LogP contribution in [0.3, 0.4) is 0 Å². The van der Waals surface area contributed by atoms with Crippen molar-refractivity contribution < 1.29 is 9.90 Å². The van der Waals surface area contributed by atoms with Gasteiger partial charge in [0.2, 0.25) is 0 Å². The molecule has 0 radical (unpaired) electrons. The predicted molar refractivity (Wildman–Crippen MR) is 55.8 cm³/mol. The zero-order valence-corrected chi connectivity index (χ0v) is 9.10. The van der Waals surface area contributed by atoms with E-state index in [1.807, 2.05) is 0 Å². The van der Waals surface area contributed by atoms with Gasteiger partial charge in [0.05, 0.1) is 18.3 Å². The number of aromatic amines is 1. The third kappa shape index (κ3) is 2.20. The lowest BCUT2D eigenvalue weighted by atomic mass is 10.0. The molecule has 1 aromatic heterocycles. The molecule has 1 aromatic rings. The second kappa shape index (κ2) is 4.18. The molecule has 1 amide bonds. The molecule has 7 heteroatoms. The number of H-pyrrole nitrogens is 1. The highest BCUT2D eigenvalue weighted by molar-refractivity contribution is 5.91. The van der Waals surface area contributed by atoms with E-state index in [9.17, 15) is 9.90 Å². The van der Waals surface area contributed by atoms with Gasteiger partial charge in [0, 0.05) is 13.6 Å². The van der Waals surface area contributed by atoms with Gasteiger partial charge in [-0.2, -0.15) is 15.4 Å². The Kier molecular flexibility index (Phi) is 2.88. The maximum Gasteiger partial charge on any atom is 0.275 e. The molecule has 1 unspecified atom stereocenters. The summed E-state index contributed by atoms with van der Waals surface area (Å²) < 4.78 is 0. The summed E-state index contributed by atoms with van der Waals surface area (Å²) in [5, 5.41) is 22.9. The molecule has 0 aromatic carbocycles. The van der Waals surface area contributed by atoms with Crippen molar-refractivity contribution in [3.8, 4) is 0 Å². The zero-order valence-electron chi connectivity index (χ0n) is 9.10. The van der Waals surface area contributed by atoms with E-state index in [4.69, 9.17) is 0 Å². The van der Waals surface area contributed by atoms with Gasteiger partial charge in [-0.1, -0.05) is 0 Å². The van der Waals surface area contributed by atoms with Crippen molar-refractivity contribution in [2.24, 2.45) is 0 Å². The molecule has 3 N–H and O–H groups in total. The molecule has 16 heavy (non-hydrogen) atoms. The van der Waals surface area contributed by atoms with E-state index in [2.05, 4.69) is 20.7 Å². The zero-order chi connectivity index (χ0) is 11.6. The van der Waals surface area contributed by atoms with E-state index in [0.29, 0.717) is 19.5 Å². The third-order valence-electron chi connectivity index (χ3n) is 2.73. The topological polar surface area (TPSA) is 94.1 Å². The highest BCUT2D eigenvalue weighted by Gasteiger charge is 2.33. The number of nitrogens with one attached hydrogen (secondary N) is 2. The highest BCUT2D eigenvalue weighted by Crippen LogP contribution is 2.15. The first-order chi connectivity index (χ1) is 7.61. The minimum atomic E-state index is -0.825. The second-order valence-electron chi connectivity index (χ2n) is 4.17. The number of hydrogen-bond donors (Lipinski definition) is 3. The molecule has 2 rings (SSSR count). The van der Waals surface area contributed by atoms with E-state index in [1.54, 1.807) is 7.05 Å². The molecule has 0 bridgehead atoms. The molecule has 1 fully saturated rings. The smallest absolute Gasteiger partial charge is 0.275 e. The summed E-state index contributed by atoms with van der Waals surface area (Å²) in [6, 6.07) is 0. The SMILES string of the molecule is CN(CC1(O)CCNC1)C(=O)c1cn[nH]n1. The van der Waals surface area contributed by atoms with Gasteiger partial charge in [0.15, 0.2) is 5.69 Å². The molecular weight excluding hydrogens is 210 g/mol. The van der Waals surface area contributed by atoms with Gasteiger partial charge >= 0.3 is 0 Å². The maximum absolute atomic E-state index is 11.8. The Hall–Kier alpha value is -1.47. The van der Waals surface area contributed by atoms with E-state index >= 15 is 0 Å². The molecule has 1 aliphatic heterocycles. The average Bonchev–Trinajstić information content (AvgIpc) is 2.87. The molecule has 88 valence electrons. The Balaban J connectivity index is 1.97. The monoisotopic (exact) mass is 225 g/mol. The fourth-order valence-corrected chi connectivity index (χ4v) is 1.88. The number of amides is 1. The van der Waals surface area contributed by atoms with Crippen molar-refractivity contribution >= 4 is 5.91 Å². The van der Waals surface area contributed by atoms with Crippen molar-refractivity contribution in [2.45, 2.75) is 12.0 Å². The van der Waals surface area contributed by atoms with Crippen LogP contribution in [0.15, 0.2) is 6.20 Å². The van der Waals surface area contributed by atoms with Crippen molar-refractivity contribution in [1.29, 1.82) is 0 Å². The van der Waals surface area contributed by atoms with Gasteiger partial charge in [0.1, 0.15) is 0 Å². The fourth-order valence-electron chi connectivity index (χ4n) is 1.88. The number of carbonyl (C=O) groups is 1. The van der Waals surface area contributed by atoms with Crippen molar-refractivity contribution in [3.63, 3.8) is 0 Å².